The summed E-state index contributed by atoms with van der Waals surface area (Å²) >= 11 is 1.10. The number of aliphatic hydroxyl groups excluding tert-OH is 2. The highest BCUT2D eigenvalue weighted by atomic mass is 32.1. The Morgan fingerprint density at radius 1 is 1.03 bits per heavy atom. The molecule has 0 spiro atoms. The molecular formula is C23H21NO5S. The van der Waals surface area contributed by atoms with Crippen LogP contribution in [0.4, 0.5) is 4.79 Å². The molecule has 0 aliphatic heterocycles. The van der Waals surface area contributed by atoms with Crippen LogP contribution < -0.4 is 5.32 Å². The van der Waals surface area contributed by atoms with Gasteiger partial charge in [-0.15, -0.1) is 11.3 Å². The van der Waals surface area contributed by atoms with Crippen molar-refractivity contribution >= 4 is 23.7 Å². The summed E-state index contributed by atoms with van der Waals surface area (Å²) in [6.45, 7) is -0.00170. The van der Waals surface area contributed by atoms with E-state index in [1.165, 1.54) is 0 Å². The van der Waals surface area contributed by atoms with Crippen LogP contribution in [0.5, 0.6) is 0 Å². The number of benzene rings is 2. The number of aliphatic hydroxyl groups is 2. The van der Waals surface area contributed by atoms with Gasteiger partial charge in [0.25, 0.3) is 0 Å². The molecule has 7 heteroatoms. The Labute approximate surface area is 177 Å². The molecule has 0 fully saturated rings. The number of alkyl carbamates (subject to hydrolysis) is 1. The molecule has 0 saturated carbocycles. The second kappa shape index (κ2) is 8.79. The van der Waals surface area contributed by atoms with E-state index in [9.17, 15) is 19.8 Å². The number of aldehydes is 1. The van der Waals surface area contributed by atoms with Gasteiger partial charge in [-0.3, -0.25) is 4.79 Å². The molecule has 1 aromatic heterocycles. The van der Waals surface area contributed by atoms with Crippen LogP contribution in [0.15, 0.2) is 60.7 Å². The van der Waals surface area contributed by atoms with Crippen LogP contribution in [-0.2, 0) is 4.74 Å². The van der Waals surface area contributed by atoms with Crippen LogP contribution in [0.2, 0.25) is 0 Å². The molecule has 0 bridgehead atoms. The molecule has 154 valence electrons. The minimum absolute atomic E-state index is 0.0495. The minimum Gasteiger partial charge on any atom is -0.449 e. The second-order valence-corrected chi connectivity index (χ2v) is 8.22. The number of fused-ring (bicyclic) bond motifs is 3. The van der Waals surface area contributed by atoms with Crippen molar-refractivity contribution in [1.82, 2.24) is 5.32 Å². The van der Waals surface area contributed by atoms with Gasteiger partial charge in [-0.05, 0) is 34.4 Å². The van der Waals surface area contributed by atoms with Crippen LogP contribution >= 0.6 is 11.3 Å². The smallest absolute Gasteiger partial charge is 0.407 e. The van der Waals surface area contributed by atoms with E-state index < -0.39 is 18.3 Å². The highest BCUT2D eigenvalue weighted by Crippen LogP contribution is 2.44. The molecule has 1 heterocycles. The third-order valence-corrected chi connectivity index (χ3v) is 6.30. The lowest BCUT2D eigenvalue weighted by Gasteiger charge is -2.18. The number of ether oxygens (including phenoxy) is 1. The van der Waals surface area contributed by atoms with Gasteiger partial charge < -0.3 is 20.3 Å². The number of amides is 1. The standard InChI is InChI=1S/C23H21NO5S/c25-12-14-9-10-21(30-14)22(27)20(26)11-24-23(28)29-13-19-17-7-3-1-5-15(17)16-6-2-4-8-18(16)19/h1-10,12,19-20,22,26-27H,11,13H2,(H,24,28). The maximum absolute atomic E-state index is 12.2. The van der Waals surface area contributed by atoms with Crippen molar-refractivity contribution in [3.63, 3.8) is 0 Å². The van der Waals surface area contributed by atoms with Gasteiger partial charge >= 0.3 is 6.09 Å². The number of thiophene rings is 1. The average Bonchev–Trinajstić information content (AvgIpc) is 3.38. The fourth-order valence-electron chi connectivity index (χ4n) is 3.73. The molecule has 30 heavy (non-hydrogen) atoms. The first-order valence-electron chi connectivity index (χ1n) is 9.58. The second-order valence-electron chi connectivity index (χ2n) is 7.08. The number of hydrogen-bond acceptors (Lipinski definition) is 6. The summed E-state index contributed by atoms with van der Waals surface area (Å²) in [6, 6.07) is 19.3. The molecule has 1 aliphatic carbocycles. The maximum atomic E-state index is 12.2. The Hall–Kier alpha value is -3.00. The van der Waals surface area contributed by atoms with E-state index in [4.69, 9.17) is 4.74 Å². The predicted octanol–water partition coefficient (Wildman–Crippen LogP) is 3.49. The quantitative estimate of drug-likeness (QED) is 0.506. The van der Waals surface area contributed by atoms with Gasteiger partial charge in [-0.2, -0.15) is 0 Å². The molecule has 2 atom stereocenters. The minimum atomic E-state index is -1.22. The zero-order chi connectivity index (χ0) is 21.1. The maximum Gasteiger partial charge on any atom is 0.407 e. The highest BCUT2D eigenvalue weighted by Gasteiger charge is 2.29. The van der Waals surface area contributed by atoms with Gasteiger partial charge in [-0.25, -0.2) is 4.79 Å². The number of carbonyl (C=O) groups is 2. The summed E-state index contributed by atoms with van der Waals surface area (Å²) in [5.74, 6) is -0.0495. The van der Waals surface area contributed by atoms with Crippen LogP contribution in [0.25, 0.3) is 11.1 Å². The molecular weight excluding hydrogens is 402 g/mol. The summed E-state index contributed by atoms with van der Waals surface area (Å²) in [5.41, 5.74) is 4.52. The van der Waals surface area contributed by atoms with Crippen LogP contribution in [0.3, 0.4) is 0 Å². The van der Waals surface area contributed by atoms with E-state index in [0.717, 1.165) is 33.6 Å². The summed E-state index contributed by atoms with van der Waals surface area (Å²) in [6.07, 6.45) is -2.40. The number of carbonyl (C=O) groups excluding carboxylic acids is 2. The monoisotopic (exact) mass is 423 g/mol. The Balaban J connectivity index is 1.33. The normalized spacial score (nSPS) is 14.5. The molecule has 4 rings (SSSR count). The van der Waals surface area contributed by atoms with Gasteiger partial charge in [0, 0.05) is 17.3 Å². The first-order valence-corrected chi connectivity index (χ1v) is 10.4. The Kier molecular flexibility index (Phi) is 5.94. The number of hydrogen-bond donors (Lipinski definition) is 3. The first kappa shape index (κ1) is 20.3. The zero-order valence-corrected chi connectivity index (χ0v) is 16.8. The third kappa shape index (κ3) is 4.00. The van der Waals surface area contributed by atoms with Crippen LogP contribution in [0.1, 0.15) is 37.7 Å². The molecule has 0 radical (unpaired) electrons. The molecule has 6 nitrogen and oxygen atoms in total. The highest BCUT2D eigenvalue weighted by molar-refractivity contribution is 7.13. The molecule has 3 aromatic rings. The molecule has 1 aliphatic rings. The van der Waals surface area contributed by atoms with E-state index in [-0.39, 0.29) is 19.1 Å². The average molecular weight is 423 g/mol. The summed E-state index contributed by atoms with van der Waals surface area (Å²) in [5, 5.41) is 22.8. The molecule has 2 unspecified atom stereocenters. The van der Waals surface area contributed by atoms with E-state index in [0.29, 0.717) is 16.0 Å². The summed E-state index contributed by atoms with van der Waals surface area (Å²) in [4.78, 5) is 23.8. The third-order valence-electron chi connectivity index (χ3n) is 5.22. The van der Waals surface area contributed by atoms with Crippen molar-refractivity contribution in [3.8, 4) is 11.1 Å². The van der Waals surface area contributed by atoms with Gasteiger partial charge in [-0.1, -0.05) is 48.5 Å². The first-order chi connectivity index (χ1) is 14.6. The molecule has 3 N–H and O–H groups in total. The molecule has 2 aromatic carbocycles. The van der Waals surface area contributed by atoms with Gasteiger partial charge in [0.2, 0.25) is 0 Å². The SMILES string of the molecule is O=Cc1ccc(C(O)C(O)CNC(=O)OCC2c3ccccc3-c3ccccc32)s1. The lowest BCUT2D eigenvalue weighted by Crippen LogP contribution is -2.36. The number of rotatable bonds is 7. The van der Waals surface area contributed by atoms with E-state index in [2.05, 4.69) is 17.4 Å². The van der Waals surface area contributed by atoms with E-state index >= 15 is 0 Å². The van der Waals surface area contributed by atoms with Gasteiger partial charge in [0.1, 0.15) is 18.8 Å². The lowest BCUT2D eigenvalue weighted by molar-refractivity contribution is 0.0206. The largest absolute Gasteiger partial charge is 0.449 e. The van der Waals surface area contributed by atoms with E-state index in [1.807, 2.05) is 36.4 Å². The van der Waals surface area contributed by atoms with Gasteiger partial charge in [0.05, 0.1) is 4.88 Å². The summed E-state index contributed by atoms with van der Waals surface area (Å²) in [7, 11) is 0. The fourth-order valence-corrected chi connectivity index (χ4v) is 4.60. The van der Waals surface area contributed by atoms with Crippen molar-refractivity contribution in [3.05, 3.63) is 81.5 Å². The Morgan fingerprint density at radius 3 is 2.27 bits per heavy atom. The molecule has 1 amide bonds. The van der Waals surface area contributed by atoms with Gasteiger partial charge in [0.15, 0.2) is 6.29 Å². The fraction of sp³-hybridized carbons (Fsp3) is 0.217. The number of nitrogens with one attached hydrogen (secondary N) is 1. The topological polar surface area (TPSA) is 95.9 Å². The van der Waals surface area contributed by atoms with Crippen molar-refractivity contribution in [2.24, 2.45) is 0 Å². The summed E-state index contributed by atoms with van der Waals surface area (Å²) < 4.78 is 5.41. The van der Waals surface area contributed by atoms with Crippen LogP contribution in [0, 0.1) is 0 Å². The Bertz CT molecular complexity index is 1020. The molecule has 0 saturated heterocycles. The van der Waals surface area contributed by atoms with Crippen molar-refractivity contribution < 1.29 is 24.5 Å². The van der Waals surface area contributed by atoms with E-state index in [1.54, 1.807) is 12.1 Å². The van der Waals surface area contributed by atoms with Crippen molar-refractivity contribution in [2.45, 2.75) is 18.1 Å². The Morgan fingerprint density at radius 2 is 1.67 bits per heavy atom. The predicted molar refractivity (Wildman–Crippen MR) is 114 cm³/mol. The van der Waals surface area contributed by atoms with Crippen LogP contribution in [-0.4, -0.2) is 41.8 Å². The van der Waals surface area contributed by atoms with Crippen molar-refractivity contribution in [1.29, 1.82) is 0 Å². The lowest BCUT2D eigenvalue weighted by atomic mass is 9.98. The van der Waals surface area contributed by atoms with Crippen molar-refractivity contribution in [2.75, 3.05) is 13.2 Å². The zero-order valence-electron chi connectivity index (χ0n) is 16.0.